The number of anilines is 2. The van der Waals surface area contributed by atoms with Crippen molar-refractivity contribution < 1.29 is 0 Å². The lowest BCUT2D eigenvalue weighted by Crippen LogP contribution is -2.48. The molecule has 1 aliphatic heterocycles. The fraction of sp³-hybridized carbons (Fsp3) is 0.385. The topological polar surface area (TPSA) is 41.4 Å². The second-order valence-electron chi connectivity index (χ2n) is 9.00. The van der Waals surface area contributed by atoms with Gasteiger partial charge in [0.2, 0.25) is 5.95 Å². The lowest BCUT2D eigenvalue weighted by atomic mass is 10.1. The quantitative estimate of drug-likeness (QED) is 0.575. The summed E-state index contributed by atoms with van der Waals surface area (Å²) >= 11 is 0. The molecule has 0 N–H and O–H groups in total. The SMILES string of the molecule is Cc1cccc(N2CN(CCC(C)C)Cn3c2nc(C)c(Cc2ccccc2)c3=O)c1. The van der Waals surface area contributed by atoms with Crippen LogP contribution in [0.3, 0.4) is 0 Å². The fourth-order valence-corrected chi connectivity index (χ4v) is 4.11. The molecule has 31 heavy (non-hydrogen) atoms. The minimum atomic E-state index is 0.0678. The van der Waals surface area contributed by atoms with Gasteiger partial charge >= 0.3 is 0 Å². The number of hydrogen-bond acceptors (Lipinski definition) is 4. The normalized spacial score (nSPS) is 14.2. The molecule has 3 aromatic rings. The molecule has 0 saturated carbocycles. The number of hydrogen-bond donors (Lipinski definition) is 0. The van der Waals surface area contributed by atoms with E-state index in [-0.39, 0.29) is 5.56 Å². The van der Waals surface area contributed by atoms with Crippen LogP contribution < -0.4 is 10.5 Å². The van der Waals surface area contributed by atoms with E-state index in [9.17, 15) is 4.79 Å². The van der Waals surface area contributed by atoms with Crippen LogP contribution in [-0.4, -0.2) is 27.7 Å². The first-order valence-corrected chi connectivity index (χ1v) is 11.1. The van der Waals surface area contributed by atoms with Gasteiger partial charge in [-0.3, -0.25) is 19.2 Å². The first kappa shape index (κ1) is 21.3. The number of nitrogens with zero attached hydrogens (tertiary/aromatic N) is 4. The maximum Gasteiger partial charge on any atom is 0.259 e. The molecule has 0 radical (unpaired) electrons. The van der Waals surface area contributed by atoms with Crippen LogP contribution in [0.1, 0.15) is 42.7 Å². The summed E-state index contributed by atoms with van der Waals surface area (Å²) in [5.41, 5.74) is 5.07. The summed E-state index contributed by atoms with van der Waals surface area (Å²) in [6, 6.07) is 18.6. The Balaban J connectivity index is 1.77. The van der Waals surface area contributed by atoms with Gasteiger partial charge < -0.3 is 0 Å². The Bertz CT molecular complexity index is 1100. The van der Waals surface area contributed by atoms with Gasteiger partial charge in [0, 0.05) is 24.2 Å². The molecule has 0 atom stereocenters. The van der Waals surface area contributed by atoms with Gasteiger partial charge in [0.1, 0.15) is 0 Å². The van der Waals surface area contributed by atoms with Crippen LogP contribution in [0.25, 0.3) is 0 Å². The highest BCUT2D eigenvalue weighted by molar-refractivity contribution is 5.59. The van der Waals surface area contributed by atoms with E-state index in [1.54, 1.807) is 0 Å². The van der Waals surface area contributed by atoms with Crippen molar-refractivity contribution in [1.29, 1.82) is 0 Å². The smallest absolute Gasteiger partial charge is 0.259 e. The maximum atomic E-state index is 13.6. The van der Waals surface area contributed by atoms with Gasteiger partial charge in [0.05, 0.1) is 19.0 Å². The molecule has 2 heterocycles. The molecule has 0 amide bonds. The van der Waals surface area contributed by atoms with Gasteiger partial charge in [-0.1, -0.05) is 56.3 Å². The second kappa shape index (κ2) is 9.06. The predicted molar refractivity (Wildman–Crippen MR) is 127 cm³/mol. The van der Waals surface area contributed by atoms with E-state index in [0.29, 0.717) is 19.0 Å². The van der Waals surface area contributed by atoms with Crippen LogP contribution in [0.2, 0.25) is 0 Å². The van der Waals surface area contributed by atoms with Crippen molar-refractivity contribution in [2.24, 2.45) is 5.92 Å². The molecular formula is C26H32N4O. The molecule has 5 heteroatoms. The average Bonchev–Trinajstić information content (AvgIpc) is 2.76. The van der Waals surface area contributed by atoms with Crippen LogP contribution in [0, 0.1) is 19.8 Å². The van der Waals surface area contributed by atoms with Crippen molar-refractivity contribution >= 4 is 11.6 Å². The first-order chi connectivity index (χ1) is 14.9. The summed E-state index contributed by atoms with van der Waals surface area (Å²) in [6.45, 7) is 10.8. The molecule has 0 spiro atoms. The monoisotopic (exact) mass is 416 g/mol. The van der Waals surface area contributed by atoms with Crippen LogP contribution >= 0.6 is 0 Å². The minimum absolute atomic E-state index is 0.0678. The molecule has 2 aromatic carbocycles. The number of aryl methyl sites for hydroxylation is 2. The predicted octanol–water partition coefficient (Wildman–Crippen LogP) is 4.87. The molecule has 5 nitrogen and oxygen atoms in total. The Morgan fingerprint density at radius 3 is 2.48 bits per heavy atom. The summed E-state index contributed by atoms with van der Waals surface area (Å²) in [5.74, 6) is 1.36. The molecule has 0 unspecified atom stereocenters. The van der Waals surface area contributed by atoms with E-state index >= 15 is 0 Å². The van der Waals surface area contributed by atoms with E-state index in [1.807, 2.05) is 29.7 Å². The largest absolute Gasteiger partial charge is 0.298 e. The van der Waals surface area contributed by atoms with Crippen LogP contribution in [-0.2, 0) is 13.1 Å². The maximum absolute atomic E-state index is 13.6. The molecule has 1 aromatic heterocycles. The van der Waals surface area contributed by atoms with Gasteiger partial charge in [0.15, 0.2) is 0 Å². The van der Waals surface area contributed by atoms with E-state index in [0.717, 1.165) is 48.1 Å². The van der Waals surface area contributed by atoms with E-state index in [1.165, 1.54) is 5.56 Å². The zero-order valence-corrected chi connectivity index (χ0v) is 19.0. The standard InChI is InChI=1S/C26H32N4O/c1-19(2)13-14-28-17-29(23-12-8-9-20(3)15-23)26-27-21(4)24(25(31)30(26)18-28)16-22-10-6-5-7-11-22/h5-12,15,19H,13-14,16-18H2,1-4H3. The Kier molecular flexibility index (Phi) is 6.23. The summed E-state index contributed by atoms with van der Waals surface area (Å²) in [4.78, 5) is 23.1. The molecular weight excluding hydrogens is 384 g/mol. The molecule has 4 rings (SSSR count). The highest BCUT2D eigenvalue weighted by Gasteiger charge is 2.28. The van der Waals surface area contributed by atoms with Crippen molar-refractivity contribution in [3.05, 3.63) is 87.3 Å². The van der Waals surface area contributed by atoms with Gasteiger partial charge in [-0.05, 0) is 49.4 Å². The summed E-state index contributed by atoms with van der Waals surface area (Å²) in [5, 5.41) is 0. The Labute approximate surface area is 185 Å². The lowest BCUT2D eigenvalue weighted by molar-refractivity contribution is 0.188. The van der Waals surface area contributed by atoms with Crippen molar-refractivity contribution in [3.8, 4) is 0 Å². The van der Waals surface area contributed by atoms with Crippen molar-refractivity contribution in [2.75, 3.05) is 18.1 Å². The number of aromatic nitrogens is 2. The Hall–Kier alpha value is -2.92. The minimum Gasteiger partial charge on any atom is -0.298 e. The summed E-state index contributed by atoms with van der Waals surface area (Å²) in [6.07, 6.45) is 1.71. The third-order valence-corrected chi connectivity index (χ3v) is 5.93. The van der Waals surface area contributed by atoms with Crippen LogP contribution in [0.5, 0.6) is 0 Å². The number of rotatable bonds is 6. The molecule has 0 aliphatic carbocycles. The molecule has 0 fully saturated rings. The van der Waals surface area contributed by atoms with Gasteiger partial charge in [-0.25, -0.2) is 4.98 Å². The van der Waals surface area contributed by atoms with Crippen molar-refractivity contribution in [1.82, 2.24) is 14.5 Å². The average molecular weight is 417 g/mol. The van der Waals surface area contributed by atoms with E-state index in [2.05, 4.69) is 67.0 Å². The zero-order chi connectivity index (χ0) is 22.0. The Morgan fingerprint density at radius 1 is 1.00 bits per heavy atom. The van der Waals surface area contributed by atoms with Crippen molar-refractivity contribution in [2.45, 2.75) is 47.2 Å². The van der Waals surface area contributed by atoms with Gasteiger partial charge in [-0.2, -0.15) is 0 Å². The van der Waals surface area contributed by atoms with Crippen molar-refractivity contribution in [3.63, 3.8) is 0 Å². The molecule has 1 aliphatic rings. The third kappa shape index (κ3) is 4.72. The molecule has 0 bridgehead atoms. The zero-order valence-electron chi connectivity index (χ0n) is 19.0. The van der Waals surface area contributed by atoms with Crippen LogP contribution in [0.15, 0.2) is 59.4 Å². The highest BCUT2D eigenvalue weighted by Crippen LogP contribution is 2.28. The van der Waals surface area contributed by atoms with E-state index in [4.69, 9.17) is 4.98 Å². The third-order valence-electron chi connectivity index (χ3n) is 5.93. The second-order valence-corrected chi connectivity index (χ2v) is 9.00. The number of benzene rings is 2. The summed E-state index contributed by atoms with van der Waals surface area (Å²) in [7, 11) is 0. The van der Waals surface area contributed by atoms with Crippen LogP contribution in [0.4, 0.5) is 11.6 Å². The summed E-state index contributed by atoms with van der Waals surface area (Å²) < 4.78 is 1.86. The highest BCUT2D eigenvalue weighted by atomic mass is 16.1. The molecule has 0 saturated heterocycles. The molecule has 162 valence electrons. The fourth-order valence-electron chi connectivity index (χ4n) is 4.11. The van der Waals surface area contributed by atoms with Gasteiger partial charge in [0.25, 0.3) is 5.56 Å². The number of fused-ring (bicyclic) bond motifs is 1. The first-order valence-electron chi connectivity index (χ1n) is 11.1. The van der Waals surface area contributed by atoms with Gasteiger partial charge in [-0.15, -0.1) is 0 Å². The van der Waals surface area contributed by atoms with E-state index < -0.39 is 0 Å². The lowest BCUT2D eigenvalue weighted by Gasteiger charge is -2.38. The Morgan fingerprint density at radius 2 is 1.77 bits per heavy atom.